The second-order valence-corrected chi connectivity index (χ2v) is 5.49. The van der Waals surface area contributed by atoms with Crippen LogP contribution in [0.3, 0.4) is 0 Å². The van der Waals surface area contributed by atoms with Crippen LogP contribution in [0.15, 0.2) is 12.2 Å². The average molecular weight is 207 g/mol. The van der Waals surface area contributed by atoms with Gasteiger partial charge in [-0.05, 0) is 43.4 Å². The van der Waals surface area contributed by atoms with Crippen LogP contribution in [0.5, 0.6) is 0 Å². The van der Waals surface area contributed by atoms with E-state index in [2.05, 4.69) is 17.1 Å². The third-order valence-corrected chi connectivity index (χ3v) is 4.34. The van der Waals surface area contributed by atoms with Crippen LogP contribution in [0.1, 0.15) is 25.7 Å². The first-order valence-electron chi connectivity index (χ1n) is 6.40. The second-order valence-electron chi connectivity index (χ2n) is 5.49. The molecule has 0 saturated heterocycles. The fraction of sp³-hybridized carbons (Fsp3) is 0.846. The monoisotopic (exact) mass is 207 g/mol. The van der Waals surface area contributed by atoms with E-state index in [9.17, 15) is 0 Å². The highest BCUT2D eigenvalue weighted by Crippen LogP contribution is 2.44. The van der Waals surface area contributed by atoms with Gasteiger partial charge in [0, 0.05) is 19.1 Å². The first kappa shape index (κ1) is 9.86. The van der Waals surface area contributed by atoms with Crippen LogP contribution in [-0.2, 0) is 0 Å². The Morgan fingerprint density at radius 2 is 2.07 bits per heavy atom. The highest BCUT2D eigenvalue weighted by molar-refractivity contribution is 5.10. The molecule has 0 heterocycles. The fourth-order valence-corrected chi connectivity index (χ4v) is 3.40. The highest BCUT2D eigenvalue weighted by Gasteiger charge is 2.38. The molecule has 0 radical (unpaired) electrons. The zero-order valence-corrected chi connectivity index (χ0v) is 9.31. The molecule has 2 fully saturated rings. The van der Waals surface area contributed by atoms with Crippen LogP contribution in [0.2, 0.25) is 0 Å². The summed E-state index contributed by atoms with van der Waals surface area (Å²) in [4.78, 5) is 2.53. The molecule has 2 saturated carbocycles. The Morgan fingerprint density at radius 3 is 2.60 bits per heavy atom. The van der Waals surface area contributed by atoms with Gasteiger partial charge in [0.25, 0.3) is 0 Å². The van der Waals surface area contributed by atoms with Gasteiger partial charge in [0.1, 0.15) is 0 Å². The SMILES string of the molecule is OCCN(CC1CC2C=CC1C2)C1CC1. The van der Waals surface area contributed by atoms with Gasteiger partial charge >= 0.3 is 0 Å². The van der Waals surface area contributed by atoms with Crippen LogP contribution in [0.4, 0.5) is 0 Å². The van der Waals surface area contributed by atoms with Crippen molar-refractivity contribution in [3.05, 3.63) is 12.2 Å². The Labute approximate surface area is 92.0 Å². The molecule has 3 aliphatic rings. The molecule has 0 aromatic carbocycles. The van der Waals surface area contributed by atoms with E-state index in [1.807, 2.05) is 0 Å². The predicted molar refractivity (Wildman–Crippen MR) is 60.5 cm³/mol. The minimum Gasteiger partial charge on any atom is -0.395 e. The van der Waals surface area contributed by atoms with Gasteiger partial charge in [0.15, 0.2) is 0 Å². The Bertz CT molecular complexity index is 259. The van der Waals surface area contributed by atoms with E-state index in [0.29, 0.717) is 6.61 Å². The average Bonchev–Trinajstić information content (AvgIpc) is 2.89. The van der Waals surface area contributed by atoms with Gasteiger partial charge in [0.05, 0.1) is 6.61 Å². The number of hydrogen-bond acceptors (Lipinski definition) is 2. The van der Waals surface area contributed by atoms with Crippen molar-refractivity contribution in [2.45, 2.75) is 31.7 Å². The van der Waals surface area contributed by atoms with E-state index in [4.69, 9.17) is 5.11 Å². The van der Waals surface area contributed by atoms with Crippen molar-refractivity contribution in [2.75, 3.05) is 19.7 Å². The molecule has 2 heteroatoms. The first-order valence-corrected chi connectivity index (χ1v) is 6.40. The quantitative estimate of drug-likeness (QED) is 0.693. The molecule has 0 aliphatic heterocycles. The summed E-state index contributed by atoms with van der Waals surface area (Å²) in [5.74, 6) is 2.62. The first-order chi connectivity index (χ1) is 7.36. The van der Waals surface area contributed by atoms with E-state index in [-0.39, 0.29) is 0 Å². The smallest absolute Gasteiger partial charge is 0.0558 e. The minimum absolute atomic E-state index is 0.327. The Morgan fingerprint density at radius 1 is 1.20 bits per heavy atom. The van der Waals surface area contributed by atoms with Crippen LogP contribution in [-0.4, -0.2) is 35.7 Å². The number of rotatable bonds is 5. The van der Waals surface area contributed by atoms with E-state index < -0.39 is 0 Å². The maximum Gasteiger partial charge on any atom is 0.0558 e. The van der Waals surface area contributed by atoms with Crippen molar-refractivity contribution in [3.63, 3.8) is 0 Å². The summed E-state index contributed by atoms with van der Waals surface area (Å²) in [5.41, 5.74) is 0. The number of aliphatic hydroxyl groups excluding tert-OH is 1. The fourth-order valence-electron chi connectivity index (χ4n) is 3.40. The van der Waals surface area contributed by atoms with Crippen molar-refractivity contribution in [1.29, 1.82) is 0 Å². The summed E-state index contributed by atoms with van der Waals surface area (Å²) < 4.78 is 0. The van der Waals surface area contributed by atoms with Gasteiger partial charge in [-0.2, -0.15) is 0 Å². The maximum atomic E-state index is 9.06. The lowest BCUT2D eigenvalue weighted by atomic mass is 9.93. The van der Waals surface area contributed by atoms with Gasteiger partial charge in [-0.1, -0.05) is 12.2 Å². The second kappa shape index (κ2) is 3.91. The third kappa shape index (κ3) is 1.98. The summed E-state index contributed by atoms with van der Waals surface area (Å²) in [6.07, 6.45) is 10.4. The molecule has 3 unspecified atom stereocenters. The summed E-state index contributed by atoms with van der Waals surface area (Å²) in [6.45, 7) is 2.45. The molecule has 0 spiro atoms. The zero-order chi connectivity index (χ0) is 10.3. The molecule has 3 atom stereocenters. The molecule has 84 valence electrons. The molecular formula is C13H21NO. The predicted octanol–water partition coefficient (Wildman–Crippen LogP) is 1.66. The molecular weight excluding hydrogens is 186 g/mol. The van der Waals surface area contributed by atoms with Gasteiger partial charge in [-0.15, -0.1) is 0 Å². The number of aliphatic hydroxyl groups is 1. The number of nitrogens with zero attached hydrogens (tertiary/aromatic N) is 1. The normalized spacial score (nSPS) is 38.1. The Balaban J connectivity index is 1.56. The van der Waals surface area contributed by atoms with Gasteiger partial charge < -0.3 is 5.11 Å². The van der Waals surface area contributed by atoms with Gasteiger partial charge in [0.2, 0.25) is 0 Å². The van der Waals surface area contributed by atoms with Crippen molar-refractivity contribution >= 4 is 0 Å². The van der Waals surface area contributed by atoms with Gasteiger partial charge in [-0.3, -0.25) is 4.90 Å². The van der Waals surface area contributed by atoms with E-state index in [1.165, 1.54) is 32.2 Å². The lowest BCUT2D eigenvalue weighted by Crippen LogP contribution is -2.35. The lowest BCUT2D eigenvalue weighted by molar-refractivity contribution is 0.160. The maximum absolute atomic E-state index is 9.06. The number of fused-ring (bicyclic) bond motifs is 2. The number of allylic oxidation sites excluding steroid dienone is 2. The van der Waals surface area contributed by atoms with E-state index in [0.717, 1.165) is 30.3 Å². The molecule has 15 heavy (non-hydrogen) atoms. The molecule has 1 N–H and O–H groups in total. The largest absolute Gasteiger partial charge is 0.395 e. The molecule has 2 bridgehead atoms. The van der Waals surface area contributed by atoms with Gasteiger partial charge in [-0.25, -0.2) is 0 Å². The van der Waals surface area contributed by atoms with Crippen molar-refractivity contribution in [2.24, 2.45) is 17.8 Å². The summed E-state index contributed by atoms with van der Waals surface area (Å²) >= 11 is 0. The standard InChI is InChI=1S/C13H21NO/c15-6-5-14(13-3-4-13)9-12-8-10-1-2-11(12)7-10/h1-2,10-13,15H,3-9H2. The summed E-state index contributed by atoms with van der Waals surface area (Å²) in [5, 5.41) is 9.06. The molecule has 2 nitrogen and oxygen atoms in total. The van der Waals surface area contributed by atoms with E-state index in [1.54, 1.807) is 0 Å². The topological polar surface area (TPSA) is 23.5 Å². The number of hydrogen-bond donors (Lipinski definition) is 1. The third-order valence-electron chi connectivity index (χ3n) is 4.34. The van der Waals surface area contributed by atoms with Crippen LogP contribution >= 0.6 is 0 Å². The molecule has 0 amide bonds. The lowest BCUT2D eigenvalue weighted by Gasteiger charge is -2.27. The van der Waals surface area contributed by atoms with Crippen LogP contribution in [0, 0.1) is 17.8 Å². The highest BCUT2D eigenvalue weighted by atomic mass is 16.3. The minimum atomic E-state index is 0.327. The van der Waals surface area contributed by atoms with Crippen molar-refractivity contribution < 1.29 is 5.11 Å². The molecule has 0 aromatic rings. The van der Waals surface area contributed by atoms with Crippen LogP contribution < -0.4 is 0 Å². The molecule has 3 rings (SSSR count). The zero-order valence-electron chi connectivity index (χ0n) is 9.31. The Kier molecular flexibility index (Phi) is 2.57. The summed E-state index contributed by atoms with van der Waals surface area (Å²) in [6, 6.07) is 0.806. The molecule has 0 aromatic heterocycles. The molecule has 3 aliphatic carbocycles. The summed E-state index contributed by atoms with van der Waals surface area (Å²) in [7, 11) is 0. The van der Waals surface area contributed by atoms with Crippen molar-refractivity contribution in [3.8, 4) is 0 Å². The van der Waals surface area contributed by atoms with Crippen molar-refractivity contribution in [1.82, 2.24) is 4.90 Å². The van der Waals surface area contributed by atoms with Crippen LogP contribution in [0.25, 0.3) is 0 Å². The van der Waals surface area contributed by atoms with E-state index >= 15 is 0 Å². The Hall–Kier alpha value is -0.340.